The predicted molar refractivity (Wildman–Crippen MR) is 92.5 cm³/mol. The molecule has 0 spiro atoms. The molecule has 1 amide bonds. The van der Waals surface area contributed by atoms with Crippen molar-refractivity contribution in [2.24, 2.45) is 0 Å². The minimum atomic E-state index is -0.896. The lowest BCUT2D eigenvalue weighted by molar-refractivity contribution is -0.138. The second-order valence-electron chi connectivity index (χ2n) is 6.32. The maximum Gasteiger partial charge on any atom is 0.305 e. The highest BCUT2D eigenvalue weighted by Crippen LogP contribution is 2.26. The Kier molecular flexibility index (Phi) is 5.71. The van der Waals surface area contributed by atoms with E-state index in [-0.39, 0.29) is 24.9 Å². The third-order valence-corrected chi connectivity index (χ3v) is 4.61. The number of hydrogen-bond donors (Lipinski definition) is 1. The minimum absolute atomic E-state index is 0.0404. The van der Waals surface area contributed by atoms with Crippen LogP contribution in [0.25, 0.3) is 6.08 Å². The number of carboxylic acids is 1. The molecule has 1 aromatic carbocycles. The Bertz CT molecular complexity index is 664. The van der Waals surface area contributed by atoms with Gasteiger partial charge in [0.25, 0.3) is 0 Å². The number of carbonyl (C=O) groups is 2. The summed E-state index contributed by atoms with van der Waals surface area (Å²) in [6.45, 7) is 2.14. The zero-order chi connectivity index (χ0) is 17.6. The topological polar surface area (TPSA) is 76.1 Å². The number of fused-ring (bicyclic) bond motifs is 1. The molecule has 0 bridgehead atoms. The second-order valence-corrected chi connectivity index (χ2v) is 6.32. The van der Waals surface area contributed by atoms with Crippen LogP contribution in [0.2, 0.25) is 0 Å². The van der Waals surface area contributed by atoms with Gasteiger partial charge in [0.2, 0.25) is 5.91 Å². The summed E-state index contributed by atoms with van der Waals surface area (Å²) in [5.74, 6) is -0.133. The lowest BCUT2D eigenvalue weighted by Crippen LogP contribution is -2.43. The summed E-state index contributed by atoms with van der Waals surface area (Å²) in [6, 6.07) is 5.91. The number of rotatable bonds is 6. The van der Waals surface area contributed by atoms with Crippen LogP contribution in [0.15, 0.2) is 24.3 Å². The number of benzene rings is 1. The van der Waals surface area contributed by atoms with E-state index in [9.17, 15) is 9.59 Å². The van der Waals surface area contributed by atoms with Gasteiger partial charge in [0.1, 0.15) is 5.75 Å². The molecule has 1 aromatic rings. The van der Waals surface area contributed by atoms with Crippen molar-refractivity contribution in [3.05, 3.63) is 35.4 Å². The highest BCUT2D eigenvalue weighted by molar-refractivity contribution is 5.92. The number of hydrogen-bond acceptors (Lipinski definition) is 4. The first-order valence-electron chi connectivity index (χ1n) is 8.67. The number of amides is 1. The van der Waals surface area contributed by atoms with E-state index >= 15 is 0 Å². The molecular weight excluding hydrogens is 322 g/mol. The molecule has 0 radical (unpaired) electrons. The van der Waals surface area contributed by atoms with Crippen LogP contribution in [0.1, 0.15) is 30.4 Å². The number of aliphatic carboxylic acids is 1. The molecular formula is C19H23NO5. The largest absolute Gasteiger partial charge is 0.493 e. The third kappa shape index (κ3) is 4.60. The summed E-state index contributed by atoms with van der Waals surface area (Å²) in [5.41, 5.74) is 2.10. The number of carboxylic acid groups (broad SMARTS) is 1. The summed E-state index contributed by atoms with van der Waals surface area (Å²) >= 11 is 0. The van der Waals surface area contributed by atoms with E-state index in [0.29, 0.717) is 19.8 Å². The van der Waals surface area contributed by atoms with Crippen LogP contribution in [0.4, 0.5) is 0 Å². The predicted octanol–water partition coefficient (Wildman–Crippen LogP) is 2.12. The molecule has 1 N–H and O–H groups in total. The average molecular weight is 345 g/mol. The van der Waals surface area contributed by atoms with Crippen LogP contribution in [0.5, 0.6) is 5.75 Å². The molecule has 1 fully saturated rings. The maximum absolute atomic E-state index is 12.6. The Morgan fingerprint density at radius 3 is 2.80 bits per heavy atom. The van der Waals surface area contributed by atoms with Gasteiger partial charge in [-0.25, -0.2) is 0 Å². The normalized spacial score (nSPS) is 17.3. The molecule has 0 unspecified atom stereocenters. The Morgan fingerprint density at radius 2 is 2.04 bits per heavy atom. The molecule has 25 heavy (non-hydrogen) atoms. The molecule has 2 aliphatic heterocycles. The number of nitrogens with zero attached hydrogens (tertiary/aromatic N) is 1. The molecule has 0 aromatic heterocycles. The summed E-state index contributed by atoms with van der Waals surface area (Å²) in [6.07, 6.45) is 5.65. The van der Waals surface area contributed by atoms with Crippen LogP contribution >= 0.6 is 0 Å². The zero-order valence-corrected chi connectivity index (χ0v) is 14.1. The lowest BCUT2D eigenvalue weighted by Gasteiger charge is -2.33. The average Bonchev–Trinajstić information content (AvgIpc) is 3.08. The van der Waals surface area contributed by atoms with Crippen LogP contribution in [-0.2, 0) is 20.7 Å². The van der Waals surface area contributed by atoms with Gasteiger partial charge in [-0.2, -0.15) is 0 Å². The van der Waals surface area contributed by atoms with Gasteiger partial charge < -0.3 is 19.5 Å². The first kappa shape index (κ1) is 17.5. The van der Waals surface area contributed by atoms with Gasteiger partial charge in [-0.1, -0.05) is 6.07 Å². The van der Waals surface area contributed by atoms with Gasteiger partial charge in [-0.3, -0.25) is 9.59 Å². The fourth-order valence-electron chi connectivity index (χ4n) is 3.26. The Balaban J connectivity index is 1.68. The molecule has 6 nitrogen and oxygen atoms in total. The second kappa shape index (κ2) is 8.16. The van der Waals surface area contributed by atoms with Crippen molar-refractivity contribution in [2.45, 2.75) is 31.7 Å². The van der Waals surface area contributed by atoms with Crippen molar-refractivity contribution in [1.29, 1.82) is 0 Å². The van der Waals surface area contributed by atoms with Crippen LogP contribution in [-0.4, -0.2) is 54.3 Å². The van der Waals surface area contributed by atoms with Crippen LogP contribution in [0.3, 0.4) is 0 Å². The molecule has 0 saturated carbocycles. The van der Waals surface area contributed by atoms with Crippen molar-refractivity contribution >= 4 is 18.0 Å². The van der Waals surface area contributed by atoms with Crippen molar-refractivity contribution in [1.82, 2.24) is 4.90 Å². The van der Waals surface area contributed by atoms with Crippen molar-refractivity contribution < 1.29 is 24.2 Å². The quantitative estimate of drug-likeness (QED) is 0.799. The molecule has 0 atom stereocenters. The number of carbonyl (C=O) groups excluding carboxylic acids is 1. The molecule has 6 heteroatoms. The van der Waals surface area contributed by atoms with E-state index in [2.05, 4.69) is 0 Å². The Labute approximate surface area is 147 Å². The monoisotopic (exact) mass is 345 g/mol. The van der Waals surface area contributed by atoms with Crippen molar-refractivity contribution in [3.63, 3.8) is 0 Å². The number of ether oxygens (including phenoxy) is 2. The lowest BCUT2D eigenvalue weighted by atomic mass is 10.1. The van der Waals surface area contributed by atoms with Crippen LogP contribution < -0.4 is 4.74 Å². The molecule has 3 rings (SSSR count). The van der Waals surface area contributed by atoms with Gasteiger partial charge in [0.05, 0.1) is 13.0 Å². The van der Waals surface area contributed by atoms with Crippen molar-refractivity contribution in [3.8, 4) is 5.75 Å². The zero-order valence-electron chi connectivity index (χ0n) is 14.1. The third-order valence-electron chi connectivity index (χ3n) is 4.61. The summed E-state index contributed by atoms with van der Waals surface area (Å²) in [7, 11) is 0. The molecule has 2 aliphatic rings. The van der Waals surface area contributed by atoms with Gasteiger partial charge in [0, 0.05) is 38.3 Å². The van der Waals surface area contributed by atoms with E-state index in [1.54, 1.807) is 11.0 Å². The van der Waals surface area contributed by atoms with E-state index < -0.39 is 5.97 Å². The summed E-state index contributed by atoms with van der Waals surface area (Å²) < 4.78 is 10.8. The first-order chi connectivity index (χ1) is 12.1. The first-order valence-corrected chi connectivity index (χ1v) is 8.67. The smallest absolute Gasteiger partial charge is 0.305 e. The van der Waals surface area contributed by atoms with Gasteiger partial charge in [0.15, 0.2) is 0 Å². The summed E-state index contributed by atoms with van der Waals surface area (Å²) in [5, 5.41) is 8.95. The highest BCUT2D eigenvalue weighted by Gasteiger charge is 2.25. The minimum Gasteiger partial charge on any atom is -0.493 e. The van der Waals surface area contributed by atoms with E-state index in [4.69, 9.17) is 14.6 Å². The van der Waals surface area contributed by atoms with E-state index in [0.717, 1.165) is 36.1 Å². The fraction of sp³-hybridized carbons (Fsp3) is 0.474. The van der Waals surface area contributed by atoms with Crippen LogP contribution in [0, 0.1) is 0 Å². The standard InChI is InChI=1S/C19H23NO5/c21-18(4-2-14-1-3-17-15(13-14)6-12-25-17)20(9-5-19(22)23)16-7-10-24-11-8-16/h1-4,13,16H,5-12H2,(H,22,23)/b4-2+. The molecule has 2 heterocycles. The fourth-order valence-corrected chi connectivity index (χ4v) is 3.26. The molecule has 134 valence electrons. The SMILES string of the molecule is O=C(O)CCN(C(=O)/C=C/c1ccc2c(c1)CCO2)C1CCOCC1. The highest BCUT2D eigenvalue weighted by atomic mass is 16.5. The van der Waals surface area contributed by atoms with E-state index in [1.165, 1.54) is 6.08 Å². The molecule has 1 saturated heterocycles. The van der Waals surface area contributed by atoms with E-state index in [1.807, 2.05) is 18.2 Å². The Hall–Kier alpha value is -2.34. The Morgan fingerprint density at radius 1 is 1.24 bits per heavy atom. The summed E-state index contributed by atoms with van der Waals surface area (Å²) in [4.78, 5) is 25.2. The van der Waals surface area contributed by atoms with Gasteiger partial charge in [-0.15, -0.1) is 0 Å². The maximum atomic E-state index is 12.6. The van der Waals surface area contributed by atoms with Crippen molar-refractivity contribution in [2.75, 3.05) is 26.4 Å². The van der Waals surface area contributed by atoms with Gasteiger partial charge >= 0.3 is 5.97 Å². The van der Waals surface area contributed by atoms with Gasteiger partial charge in [-0.05, 0) is 42.2 Å². The molecule has 0 aliphatic carbocycles.